The minimum atomic E-state index is -1.14. The van der Waals surface area contributed by atoms with Crippen molar-refractivity contribution in [1.82, 2.24) is 0 Å². The Morgan fingerprint density at radius 2 is 2.21 bits per heavy atom. The monoisotopic (exact) mass is 211 g/mol. The van der Waals surface area contributed by atoms with E-state index in [9.17, 15) is 4.79 Å². The fraction of sp³-hybridized carbons (Fsp3) is 0.100. The van der Waals surface area contributed by atoms with Crippen molar-refractivity contribution in [2.75, 3.05) is 0 Å². The summed E-state index contributed by atoms with van der Waals surface area (Å²) in [5.74, 6) is -1.14. The van der Waals surface area contributed by atoms with E-state index >= 15 is 0 Å². The number of carbonyl (C=O) groups is 1. The summed E-state index contributed by atoms with van der Waals surface area (Å²) in [6.07, 6.45) is 1.37. The molecule has 1 aromatic carbocycles. The normalized spacial score (nSPS) is 11.4. The van der Waals surface area contributed by atoms with Gasteiger partial charge in [0.2, 0.25) is 0 Å². The molecule has 0 atom stereocenters. The van der Waals surface area contributed by atoms with Gasteiger partial charge >= 0.3 is 5.97 Å². The molecule has 0 spiro atoms. The molecule has 74 valence electrons. The number of aryl methyl sites for hydroxylation is 1. The first kappa shape index (κ1) is 10.6. The van der Waals surface area contributed by atoms with Crippen molar-refractivity contribution in [3.8, 4) is 0 Å². The van der Waals surface area contributed by atoms with Crippen molar-refractivity contribution < 1.29 is 9.90 Å². The quantitative estimate of drug-likeness (QED) is 0.736. The molecule has 0 aromatic heterocycles. The molecule has 3 nitrogen and oxygen atoms in total. The summed E-state index contributed by atoms with van der Waals surface area (Å²) in [6, 6.07) is 5.24. The summed E-state index contributed by atoms with van der Waals surface area (Å²) < 4.78 is 0. The molecule has 0 bridgehead atoms. The van der Waals surface area contributed by atoms with Crippen molar-refractivity contribution in [3.63, 3.8) is 0 Å². The topological polar surface area (TPSA) is 63.3 Å². The van der Waals surface area contributed by atoms with Gasteiger partial charge in [-0.2, -0.15) is 0 Å². The van der Waals surface area contributed by atoms with Crippen LogP contribution >= 0.6 is 11.6 Å². The average Bonchev–Trinajstić information content (AvgIpc) is 2.11. The zero-order valence-electron chi connectivity index (χ0n) is 7.62. The Hall–Kier alpha value is -1.48. The lowest BCUT2D eigenvalue weighted by Crippen LogP contribution is -2.09. The minimum absolute atomic E-state index is 0.204. The summed E-state index contributed by atoms with van der Waals surface area (Å²) in [4.78, 5) is 10.4. The average molecular weight is 212 g/mol. The van der Waals surface area contributed by atoms with Crippen LogP contribution in [0.25, 0.3) is 6.08 Å². The number of aliphatic carboxylic acids is 1. The number of benzene rings is 1. The summed E-state index contributed by atoms with van der Waals surface area (Å²) in [7, 11) is 0. The van der Waals surface area contributed by atoms with Gasteiger partial charge in [-0.15, -0.1) is 0 Å². The molecule has 0 radical (unpaired) electrons. The van der Waals surface area contributed by atoms with E-state index in [-0.39, 0.29) is 5.70 Å². The summed E-state index contributed by atoms with van der Waals surface area (Å²) in [5.41, 5.74) is 6.67. The fourth-order valence-corrected chi connectivity index (χ4v) is 1.13. The van der Waals surface area contributed by atoms with Gasteiger partial charge in [-0.3, -0.25) is 0 Å². The van der Waals surface area contributed by atoms with Gasteiger partial charge in [0.1, 0.15) is 5.70 Å². The number of carboxylic acid groups (broad SMARTS) is 1. The molecule has 4 heteroatoms. The van der Waals surface area contributed by atoms with E-state index in [0.717, 1.165) is 5.56 Å². The van der Waals surface area contributed by atoms with Crippen LogP contribution < -0.4 is 5.73 Å². The Bertz CT molecular complexity index is 399. The van der Waals surface area contributed by atoms with Gasteiger partial charge in [0, 0.05) is 5.02 Å². The predicted molar refractivity (Wildman–Crippen MR) is 56.0 cm³/mol. The maximum absolute atomic E-state index is 10.4. The van der Waals surface area contributed by atoms with Crippen LogP contribution in [0.2, 0.25) is 5.02 Å². The van der Waals surface area contributed by atoms with Crippen LogP contribution in [0.1, 0.15) is 11.1 Å². The molecule has 0 unspecified atom stereocenters. The first-order chi connectivity index (χ1) is 6.50. The molecular formula is C10H10ClNO2. The van der Waals surface area contributed by atoms with Crippen molar-refractivity contribution in [2.45, 2.75) is 6.92 Å². The molecule has 14 heavy (non-hydrogen) atoms. The molecule has 0 aliphatic carbocycles. The van der Waals surface area contributed by atoms with Crippen molar-refractivity contribution in [2.24, 2.45) is 5.73 Å². The first-order valence-corrected chi connectivity index (χ1v) is 4.35. The van der Waals surface area contributed by atoms with Crippen LogP contribution in [-0.2, 0) is 4.79 Å². The Balaban J connectivity index is 3.04. The SMILES string of the molecule is Cc1ccc(/C=C(/N)C(=O)O)cc1Cl. The molecule has 0 saturated carbocycles. The fourth-order valence-electron chi connectivity index (χ4n) is 0.940. The summed E-state index contributed by atoms with van der Waals surface area (Å²) in [6.45, 7) is 1.87. The second-order valence-electron chi connectivity index (χ2n) is 2.91. The van der Waals surface area contributed by atoms with Crippen LogP contribution in [0.3, 0.4) is 0 Å². The zero-order chi connectivity index (χ0) is 10.7. The van der Waals surface area contributed by atoms with Gasteiger partial charge in [-0.25, -0.2) is 4.79 Å². The van der Waals surface area contributed by atoms with E-state index < -0.39 is 5.97 Å². The Kier molecular flexibility index (Phi) is 3.14. The van der Waals surface area contributed by atoms with Crippen molar-refractivity contribution in [1.29, 1.82) is 0 Å². The largest absolute Gasteiger partial charge is 0.477 e. The van der Waals surface area contributed by atoms with E-state index in [4.69, 9.17) is 22.4 Å². The highest BCUT2D eigenvalue weighted by Crippen LogP contribution is 2.17. The van der Waals surface area contributed by atoms with Gasteiger partial charge in [0.15, 0.2) is 0 Å². The van der Waals surface area contributed by atoms with Gasteiger partial charge in [-0.1, -0.05) is 23.7 Å². The highest BCUT2D eigenvalue weighted by molar-refractivity contribution is 6.31. The second-order valence-corrected chi connectivity index (χ2v) is 3.32. The number of rotatable bonds is 2. The van der Waals surface area contributed by atoms with Gasteiger partial charge in [-0.05, 0) is 30.2 Å². The molecule has 0 amide bonds. The number of hydrogen-bond acceptors (Lipinski definition) is 2. The zero-order valence-corrected chi connectivity index (χ0v) is 8.38. The third kappa shape index (κ3) is 2.50. The molecule has 3 N–H and O–H groups in total. The maximum Gasteiger partial charge on any atom is 0.351 e. The Morgan fingerprint density at radius 3 is 2.71 bits per heavy atom. The van der Waals surface area contributed by atoms with Crippen molar-refractivity contribution in [3.05, 3.63) is 40.0 Å². The number of halogens is 1. The highest BCUT2D eigenvalue weighted by Gasteiger charge is 2.01. The van der Waals surface area contributed by atoms with Gasteiger partial charge in [0.25, 0.3) is 0 Å². The number of carboxylic acids is 1. The van der Waals surface area contributed by atoms with Gasteiger partial charge < -0.3 is 10.8 Å². The first-order valence-electron chi connectivity index (χ1n) is 3.97. The van der Waals surface area contributed by atoms with E-state index in [2.05, 4.69) is 0 Å². The molecule has 1 rings (SSSR count). The lowest BCUT2D eigenvalue weighted by Gasteiger charge is -1.99. The van der Waals surface area contributed by atoms with E-state index in [0.29, 0.717) is 10.6 Å². The number of nitrogens with two attached hydrogens (primary N) is 1. The second kappa shape index (κ2) is 4.15. The third-order valence-electron chi connectivity index (χ3n) is 1.77. The predicted octanol–water partition coefficient (Wildman–Crippen LogP) is 2.03. The van der Waals surface area contributed by atoms with E-state index in [1.54, 1.807) is 12.1 Å². The highest BCUT2D eigenvalue weighted by atomic mass is 35.5. The lowest BCUT2D eigenvalue weighted by molar-refractivity contribution is -0.132. The van der Waals surface area contributed by atoms with Crippen LogP contribution in [0.5, 0.6) is 0 Å². The molecule has 0 heterocycles. The molecule has 1 aromatic rings. The Labute approximate surface area is 86.8 Å². The summed E-state index contributed by atoms with van der Waals surface area (Å²) in [5, 5.41) is 9.14. The molecule has 0 aliphatic heterocycles. The molecule has 0 aliphatic rings. The standard InChI is InChI=1S/C10H10ClNO2/c1-6-2-3-7(4-8(6)11)5-9(12)10(13)14/h2-5H,12H2,1H3,(H,13,14)/b9-5+. The molecule has 0 saturated heterocycles. The third-order valence-corrected chi connectivity index (χ3v) is 2.17. The van der Waals surface area contributed by atoms with E-state index in [1.807, 2.05) is 13.0 Å². The Morgan fingerprint density at radius 1 is 1.57 bits per heavy atom. The van der Waals surface area contributed by atoms with Crippen LogP contribution in [0.4, 0.5) is 0 Å². The summed E-state index contributed by atoms with van der Waals surface area (Å²) >= 11 is 5.86. The maximum atomic E-state index is 10.4. The van der Waals surface area contributed by atoms with Crippen LogP contribution in [0, 0.1) is 6.92 Å². The smallest absolute Gasteiger partial charge is 0.351 e. The van der Waals surface area contributed by atoms with Gasteiger partial charge in [0.05, 0.1) is 0 Å². The minimum Gasteiger partial charge on any atom is -0.477 e. The number of hydrogen-bond donors (Lipinski definition) is 2. The van der Waals surface area contributed by atoms with E-state index in [1.165, 1.54) is 6.08 Å². The lowest BCUT2D eigenvalue weighted by atomic mass is 10.1. The molecule has 0 fully saturated rings. The van der Waals surface area contributed by atoms with Crippen LogP contribution in [0.15, 0.2) is 23.9 Å². The molecular weight excluding hydrogens is 202 g/mol. The van der Waals surface area contributed by atoms with Crippen LogP contribution in [-0.4, -0.2) is 11.1 Å². The van der Waals surface area contributed by atoms with Crippen molar-refractivity contribution >= 4 is 23.6 Å².